The molecular formula is C16H23Cl2N. The number of hydrogen-bond donors (Lipinski definition) is 0. The molecule has 106 valence electrons. The zero-order valence-electron chi connectivity index (χ0n) is 11.8. The number of alkyl halides is 1. The van der Waals surface area contributed by atoms with Crippen LogP contribution in [0.15, 0.2) is 18.2 Å². The average Bonchev–Trinajstić information content (AvgIpc) is 2.64. The number of hydrogen-bond acceptors (Lipinski definition) is 1. The standard InChI is InChI=1S/C16H23Cl2N/c1-12(2)13-4-3-8-19(9-7-13)15-6-5-14(11-17)16(18)10-15/h5-6,10,12-13H,3-4,7-9,11H2,1-2H3. The first-order valence-electron chi connectivity index (χ1n) is 7.21. The summed E-state index contributed by atoms with van der Waals surface area (Å²) in [4.78, 5) is 2.46. The lowest BCUT2D eigenvalue weighted by Gasteiger charge is -2.24. The van der Waals surface area contributed by atoms with Crippen molar-refractivity contribution in [2.24, 2.45) is 11.8 Å². The molecule has 0 saturated carbocycles. The second-order valence-corrected chi connectivity index (χ2v) is 6.51. The molecule has 0 bridgehead atoms. The Morgan fingerprint density at radius 1 is 1.26 bits per heavy atom. The first-order chi connectivity index (χ1) is 9.11. The van der Waals surface area contributed by atoms with Crippen LogP contribution in [0, 0.1) is 11.8 Å². The third-order valence-electron chi connectivity index (χ3n) is 4.26. The zero-order valence-corrected chi connectivity index (χ0v) is 13.3. The molecule has 1 aliphatic heterocycles. The second-order valence-electron chi connectivity index (χ2n) is 5.83. The summed E-state index contributed by atoms with van der Waals surface area (Å²) in [6, 6.07) is 6.27. The Kier molecular flexibility index (Phi) is 5.41. The van der Waals surface area contributed by atoms with Crippen LogP contribution in [0.3, 0.4) is 0 Å². The summed E-state index contributed by atoms with van der Waals surface area (Å²) in [6.45, 7) is 6.96. The Morgan fingerprint density at radius 3 is 2.68 bits per heavy atom. The lowest BCUT2D eigenvalue weighted by atomic mass is 9.89. The van der Waals surface area contributed by atoms with Gasteiger partial charge in [-0.05, 0) is 48.8 Å². The highest BCUT2D eigenvalue weighted by molar-refractivity contribution is 6.32. The van der Waals surface area contributed by atoms with Crippen LogP contribution in [-0.4, -0.2) is 13.1 Å². The summed E-state index contributed by atoms with van der Waals surface area (Å²) in [5.41, 5.74) is 2.25. The van der Waals surface area contributed by atoms with E-state index < -0.39 is 0 Å². The zero-order chi connectivity index (χ0) is 13.8. The summed E-state index contributed by atoms with van der Waals surface area (Å²) < 4.78 is 0. The van der Waals surface area contributed by atoms with E-state index in [9.17, 15) is 0 Å². The minimum Gasteiger partial charge on any atom is -0.371 e. The molecule has 1 nitrogen and oxygen atoms in total. The molecule has 1 aliphatic rings. The van der Waals surface area contributed by atoms with Gasteiger partial charge in [-0.15, -0.1) is 11.6 Å². The summed E-state index contributed by atoms with van der Waals surface area (Å²) in [5.74, 6) is 2.14. The SMILES string of the molecule is CC(C)C1CCCN(c2ccc(CCl)c(Cl)c2)CC1. The highest BCUT2D eigenvalue weighted by Gasteiger charge is 2.19. The van der Waals surface area contributed by atoms with Crippen LogP contribution in [0.1, 0.15) is 38.7 Å². The van der Waals surface area contributed by atoms with E-state index in [1.165, 1.54) is 24.9 Å². The molecule has 0 amide bonds. The smallest absolute Gasteiger partial charge is 0.0488 e. The molecule has 0 aromatic heterocycles. The predicted octanol–water partition coefficient (Wildman–Crippen LogP) is 5.34. The molecule has 0 aliphatic carbocycles. The highest BCUT2D eigenvalue weighted by Crippen LogP contribution is 2.29. The van der Waals surface area contributed by atoms with Crippen LogP contribution in [-0.2, 0) is 5.88 Å². The molecule has 1 unspecified atom stereocenters. The van der Waals surface area contributed by atoms with Crippen molar-refractivity contribution < 1.29 is 0 Å². The quantitative estimate of drug-likeness (QED) is 0.681. The van der Waals surface area contributed by atoms with Gasteiger partial charge in [0.05, 0.1) is 0 Å². The van der Waals surface area contributed by atoms with E-state index >= 15 is 0 Å². The Bertz CT molecular complexity index is 417. The number of halogens is 2. The minimum absolute atomic E-state index is 0.481. The summed E-state index contributed by atoms with van der Waals surface area (Å²) in [7, 11) is 0. The molecule has 1 heterocycles. The van der Waals surface area contributed by atoms with Gasteiger partial charge in [-0.1, -0.05) is 31.5 Å². The molecule has 3 heteroatoms. The fraction of sp³-hybridized carbons (Fsp3) is 0.625. The maximum atomic E-state index is 6.26. The van der Waals surface area contributed by atoms with Crippen LogP contribution in [0.25, 0.3) is 0 Å². The van der Waals surface area contributed by atoms with Gasteiger partial charge in [0, 0.05) is 29.7 Å². The molecule has 1 fully saturated rings. The van der Waals surface area contributed by atoms with Gasteiger partial charge in [0.1, 0.15) is 0 Å². The summed E-state index contributed by atoms with van der Waals surface area (Å²) >= 11 is 12.1. The van der Waals surface area contributed by atoms with E-state index in [1.54, 1.807) is 0 Å². The fourth-order valence-electron chi connectivity index (χ4n) is 2.89. The van der Waals surface area contributed by atoms with Crippen molar-refractivity contribution >= 4 is 28.9 Å². The molecule has 0 N–H and O–H groups in total. The maximum Gasteiger partial charge on any atom is 0.0488 e. The van der Waals surface area contributed by atoms with Gasteiger partial charge in [-0.25, -0.2) is 0 Å². The highest BCUT2D eigenvalue weighted by atomic mass is 35.5. The van der Waals surface area contributed by atoms with Crippen LogP contribution < -0.4 is 4.90 Å². The van der Waals surface area contributed by atoms with Crippen LogP contribution in [0.2, 0.25) is 5.02 Å². The lowest BCUT2D eigenvalue weighted by molar-refractivity contribution is 0.351. The van der Waals surface area contributed by atoms with E-state index in [1.807, 2.05) is 0 Å². The molecule has 1 aromatic carbocycles. The number of benzene rings is 1. The molecule has 1 atom stereocenters. The Labute approximate surface area is 126 Å². The van der Waals surface area contributed by atoms with Crippen LogP contribution >= 0.6 is 23.2 Å². The fourth-order valence-corrected chi connectivity index (χ4v) is 3.43. The maximum absolute atomic E-state index is 6.26. The molecule has 1 saturated heterocycles. The van der Waals surface area contributed by atoms with Crippen molar-refractivity contribution in [3.63, 3.8) is 0 Å². The van der Waals surface area contributed by atoms with Crippen molar-refractivity contribution in [1.29, 1.82) is 0 Å². The summed E-state index contributed by atoms with van der Waals surface area (Å²) in [6.07, 6.45) is 3.91. The first-order valence-corrected chi connectivity index (χ1v) is 8.12. The van der Waals surface area contributed by atoms with E-state index in [-0.39, 0.29) is 0 Å². The van der Waals surface area contributed by atoms with Gasteiger partial charge in [0.25, 0.3) is 0 Å². The first kappa shape index (κ1) is 15.0. The van der Waals surface area contributed by atoms with Crippen molar-refractivity contribution in [3.8, 4) is 0 Å². The molecular weight excluding hydrogens is 277 g/mol. The Hall–Kier alpha value is -0.400. The number of anilines is 1. The molecule has 1 aromatic rings. The minimum atomic E-state index is 0.481. The molecule has 0 radical (unpaired) electrons. The van der Waals surface area contributed by atoms with Gasteiger partial charge in [0.2, 0.25) is 0 Å². The van der Waals surface area contributed by atoms with Crippen molar-refractivity contribution in [2.75, 3.05) is 18.0 Å². The summed E-state index contributed by atoms with van der Waals surface area (Å²) in [5, 5.41) is 0.789. The van der Waals surface area contributed by atoms with Gasteiger partial charge in [-0.3, -0.25) is 0 Å². The molecule has 19 heavy (non-hydrogen) atoms. The molecule has 2 rings (SSSR count). The normalized spacial score (nSPS) is 20.7. The predicted molar refractivity (Wildman–Crippen MR) is 85.4 cm³/mol. The van der Waals surface area contributed by atoms with Crippen molar-refractivity contribution in [1.82, 2.24) is 0 Å². The average molecular weight is 300 g/mol. The third kappa shape index (κ3) is 3.79. The van der Waals surface area contributed by atoms with E-state index in [2.05, 4.69) is 36.9 Å². The third-order valence-corrected chi connectivity index (χ3v) is 4.90. The van der Waals surface area contributed by atoms with Gasteiger partial charge >= 0.3 is 0 Å². The van der Waals surface area contributed by atoms with Gasteiger partial charge < -0.3 is 4.90 Å². The molecule has 0 spiro atoms. The number of rotatable bonds is 3. The second kappa shape index (κ2) is 6.85. The Morgan fingerprint density at radius 2 is 2.05 bits per heavy atom. The van der Waals surface area contributed by atoms with E-state index in [4.69, 9.17) is 23.2 Å². The lowest BCUT2D eigenvalue weighted by Crippen LogP contribution is -2.24. The topological polar surface area (TPSA) is 3.24 Å². The van der Waals surface area contributed by atoms with Gasteiger partial charge in [0.15, 0.2) is 0 Å². The van der Waals surface area contributed by atoms with Crippen LogP contribution in [0.5, 0.6) is 0 Å². The van der Waals surface area contributed by atoms with Crippen molar-refractivity contribution in [3.05, 3.63) is 28.8 Å². The van der Waals surface area contributed by atoms with Crippen molar-refractivity contribution in [2.45, 2.75) is 39.0 Å². The monoisotopic (exact) mass is 299 g/mol. The van der Waals surface area contributed by atoms with Crippen LogP contribution in [0.4, 0.5) is 5.69 Å². The number of nitrogens with zero attached hydrogens (tertiary/aromatic N) is 1. The van der Waals surface area contributed by atoms with E-state index in [0.29, 0.717) is 5.88 Å². The van der Waals surface area contributed by atoms with E-state index in [0.717, 1.165) is 35.5 Å². The largest absolute Gasteiger partial charge is 0.371 e. The van der Waals surface area contributed by atoms with Gasteiger partial charge in [-0.2, -0.15) is 0 Å². The Balaban J connectivity index is 2.08.